The van der Waals surface area contributed by atoms with Crippen molar-refractivity contribution in [2.75, 3.05) is 14.2 Å². The van der Waals surface area contributed by atoms with Gasteiger partial charge in [0, 0.05) is 38.7 Å². The summed E-state index contributed by atoms with van der Waals surface area (Å²) in [7, 11) is 3.25. The highest BCUT2D eigenvalue weighted by Gasteiger charge is 2.14. The van der Waals surface area contributed by atoms with Gasteiger partial charge in [-0.15, -0.1) is 0 Å². The van der Waals surface area contributed by atoms with Gasteiger partial charge in [-0.2, -0.15) is 0 Å². The molecule has 1 N–H and O–H groups in total. The zero-order valence-electron chi connectivity index (χ0n) is 9.30. The fraction of sp³-hybridized carbons (Fsp3) is 0.600. The summed E-state index contributed by atoms with van der Waals surface area (Å²) in [6, 6.07) is 0.111. The van der Waals surface area contributed by atoms with Crippen LogP contribution in [0.2, 0.25) is 0 Å². The number of aromatic nitrogens is 2. The van der Waals surface area contributed by atoms with E-state index in [-0.39, 0.29) is 12.3 Å². The van der Waals surface area contributed by atoms with Crippen molar-refractivity contribution in [3.8, 4) is 0 Å². The van der Waals surface area contributed by atoms with Crippen LogP contribution >= 0.6 is 0 Å². The van der Waals surface area contributed by atoms with E-state index in [2.05, 4.69) is 15.3 Å². The number of methoxy groups -OCH3 is 2. The van der Waals surface area contributed by atoms with Crippen molar-refractivity contribution in [2.45, 2.75) is 25.8 Å². The minimum Gasteiger partial charge on any atom is -0.354 e. The summed E-state index contributed by atoms with van der Waals surface area (Å²) < 4.78 is 10.3. The standard InChI is InChI=1S/C10H17N3O2/c1-8(10(14-2)15-3)13-6-9-4-11-7-12-5-9/h4-5,7-8,10,13H,6H2,1-3H3. The minimum atomic E-state index is -0.241. The summed E-state index contributed by atoms with van der Waals surface area (Å²) in [5.41, 5.74) is 1.04. The number of nitrogens with one attached hydrogen (secondary N) is 1. The average Bonchev–Trinajstić information content (AvgIpc) is 2.29. The van der Waals surface area contributed by atoms with Crippen LogP contribution in [0.5, 0.6) is 0 Å². The van der Waals surface area contributed by atoms with Crippen LogP contribution in [-0.4, -0.2) is 36.5 Å². The van der Waals surface area contributed by atoms with E-state index in [4.69, 9.17) is 9.47 Å². The van der Waals surface area contributed by atoms with Crippen molar-refractivity contribution in [1.29, 1.82) is 0 Å². The second-order valence-corrected chi connectivity index (χ2v) is 3.26. The molecular formula is C10H17N3O2. The topological polar surface area (TPSA) is 56.3 Å². The lowest BCUT2D eigenvalue weighted by molar-refractivity contribution is -0.119. The molecule has 0 saturated heterocycles. The molecule has 1 unspecified atom stereocenters. The monoisotopic (exact) mass is 211 g/mol. The molecule has 1 rings (SSSR count). The summed E-state index contributed by atoms with van der Waals surface area (Å²) in [6.45, 7) is 2.70. The summed E-state index contributed by atoms with van der Waals surface area (Å²) in [6.07, 6.45) is 4.83. The van der Waals surface area contributed by atoms with Crippen molar-refractivity contribution in [3.05, 3.63) is 24.3 Å². The Hall–Kier alpha value is -1.04. The molecule has 0 aliphatic rings. The molecule has 1 atom stereocenters. The van der Waals surface area contributed by atoms with Crippen molar-refractivity contribution < 1.29 is 9.47 Å². The molecule has 84 valence electrons. The summed E-state index contributed by atoms with van der Waals surface area (Å²) >= 11 is 0. The van der Waals surface area contributed by atoms with Gasteiger partial charge >= 0.3 is 0 Å². The van der Waals surface area contributed by atoms with Crippen LogP contribution in [0, 0.1) is 0 Å². The molecule has 1 heterocycles. The van der Waals surface area contributed by atoms with Gasteiger partial charge in [-0.1, -0.05) is 0 Å². The van der Waals surface area contributed by atoms with Crippen molar-refractivity contribution in [3.63, 3.8) is 0 Å². The molecule has 0 spiro atoms. The lowest BCUT2D eigenvalue weighted by Gasteiger charge is -2.21. The van der Waals surface area contributed by atoms with E-state index < -0.39 is 0 Å². The van der Waals surface area contributed by atoms with Crippen LogP contribution in [0.1, 0.15) is 12.5 Å². The zero-order valence-corrected chi connectivity index (χ0v) is 9.30. The number of ether oxygens (including phenoxy) is 2. The lowest BCUT2D eigenvalue weighted by Crippen LogP contribution is -2.39. The first-order chi connectivity index (χ1) is 7.27. The van der Waals surface area contributed by atoms with Crippen LogP contribution in [0.4, 0.5) is 0 Å². The molecular weight excluding hydrogens is 194 g/mol. The van der Waals surface area contributed by atoms with Gasteiger partial charge in [0.15, 0.2) is 6.29 Å². The van der Waals surface area contributed by atoms with Crippen molar-refractivity contribution >= 4 is 0 Å². The molecule has 0 aliphatic carbocycles. The maximum atomic E-state index is 5.13. The quantitative estimate of drug-likeness (QED) is 0.697. The first-order valence-electron chi connectivity index (χ1n) is 4.80. The van der Waals surface area contributed by atoms with E-state index >= 15 is 0 Å². The van der Waals surface area contributed by atoms with E-state index in [1.165, 1.54) is 6.33 Å². The first-order valence-corrected chi connectivity index (χ1v) is 4.80. The predicted molar refractivity (Wildman–Crippen MR) is 56.1 cm³/mol. The van der Waals surface area contributed by atoms with Crippen molar-refractivity contribution in [2.24, 2.45) is 0 Å². The molecule has 1 aromatic heterocycles. The Morgan fingerprint density at radius 3 is 2.40 bits per heavy atom. The van der Waals surface area contributed by atoms with Gasteiger partial charge in [0.25, 0.3) is 0 Å². The lowest BCUT2D eigenvalue weighted by atomic mass is 10.3. The van der Waals surface area contributed by atoms with Gasteiger partial charge in [0.2, 0.25) is 0 Å². The third-order valence-corrected chi connectivity index (χ3v) is 2.12. The molecule has 5 heteroatoms. The Morgan fingerprint density at radius 1 is 1.27 bits per heavy atom. The van der Waals surface area contributed by atoms with Crippen LogP contribution in [-0.2, 0) is 16.0 Å². The van der Waals surface area contributed by atoms with Crippen LogP contribution in [0.25, 0.3) is 0 Å². The molecule has 0 aliphatic heterocycles. The van der Waals surface area contributed by atoms with Crippen LogP contribution in [0.15, 0.2) is 18.7 Å². The largest absolute Gasteiger partial charge is 0.354 e. The fourth-order valence-electron chi connectivity index (χ4n) is 1.30. The Kier molecular flexibility index (Phi) is 5.17. The second kappa shape index (κ2) is 6.44. The Morgan fingerprint density at radius 2 is 1.87 bits per heavy atom. The molecule has 0 amide bonds. The molecule has 15 heavy (non-hydrogen) atoms. The predicted octanol–water partition coefficient (Wildman–Crippen LogP) is 0.574. The normalized spacial score (nSPS) is 13.1. The van der Waals surface area contributed by atoms with Gasteiger partial charge in [-0.25, -0.2) is 9.97 Å². The number of hydrogen-bond acceptors (Lipinski definition) is 5. The van der Waals surface area contributed by atoms with E-state index in [9.17, 15) is 0 Å². The van der Waals surface area contributed by atoms with E-state index in [1.807, 2.05) is 6.92 Å². The highest BCUT2D eigenvalue weighted by atomic mass is 16.7. The molecule has 0 fully saturated rings. The fourth-order valence-corrected chi connectivity index (χ4v) is 1.30. The number of nitrogens with zero attached hydrogens (tertiary/aromatic N) is 2. The van der Waals surface area contributed by atoms with Crippen molar-refractivity contribution in [1.82, 2.24) is 15.3 Å². The second-order valence-electron chi connectivity index (χ2n) is 3.26. The molecule has 0 radical (unpaired) electrons. The maximum Gasteiger partial charge on any atom is 0.171 e. The minimum absolute atomic E-state index is 0.111. The van der Waals surface area contributed by atoms with Gasteiger partial charge in [0.05, 0.1) is 6.04 Å². The molecule has 0 saturated carbocycles. The SMILES string of the molecule is COC(OC)C(C)NCc1cncnc1. The van der Waals surface area contributed by atoms with E-state index in [0.29, 0.717) is 6.54 Å². The van der Waals surface area contributed by atoms with E-state index in [0.717, 1.165) is 5.56 Å². The third kappa shape index (κ3) is 3.91. The highest BCUT2D eigenvalue weighted by molar-refractivity contribution is 5.01. The summed E-state index contributed by atoms with van der Waals surface area (Å²) in [5.74, 6) is 0. The van der Waals surface area contributed by atoms with E-state index in [1.54, 1.807) is 26.6 Å². The number of hydrogen-bond donors (Lipinski definition) is 1. The third-order valence-electron chi connectivity index (χ3n) is 2.12. The maximum absolute atomic E-state index is 5.13. The smallest absolute Gasteiger partial charge is 0.171 e. The molecule has 5 nitrogen and oxygen atoms in total. The summed E-state index contributed by atoms with van der Waals surface area (Å²) in [5, 5.41) is 3.27. The van der Waals surface area contributed by atoms with Gasteiger partial charge in [-0.05, 0) is 6.92 Å². The van der Waals surface area contributed by atoms with Crippen LogP contribution in [0.3, 0.4) is 0 Å². The molecule has 1 aromatic rings. The van der Waals surface area contributed by atoms with Gasteiger partial charge < -0.3 is 14.8 Å². The Balaban J connectivity index is 2.36. The zero-order chi connectivity index (χ0) is 11.1. The van der Waals surface area contributed by atoms with Gasteiger partial charge in [0.1, 0.15) is 6.33 Å². The first kappa shape index (κ1) is 12.0. The highest BCUT2D eigenvalue weighted by Crippen LogP contribution is 2.00. The molecule has 0 bridgehead atoms. The Labute approximate surface area is 89.8 Å². The van der Waals surface area contributed by atoms with Crippen LogP contribution < -0.4 is 5.32 Å². The average molecular weight is 211 g/mol. The Bertz CT molecular complexity index is 265. The molecule has 0 aromatic carbocycles. The van der Waals surface area contributed by atoms with Gasteiger partial charge in [-0.3, -0.25) is 0 Å². The summed E-state index contributed by atoms with van der Waals surface area (Å²) in [4.78, 5) is 7.87. The number of rotatable bonds is 6.